The number of rotatable bonds is 3. The first kappa shape index (κ1) is 11.7. The zero-order valence-corrected chi connectivity index (χ0v) is 11.3. The maximum Gasteiger partial charge on any atom is 0.320 e. The lowest BCUT2D eigenvalue weighted by atomic mass is 10.2. The Bertz CT molecular complexity index is 536. The van der Waals surface area contributed by atoms with E-state index in [0.717, 1.165) is 29.5 Å². The summed E-state index contributed by atoms with van der Waals surface area (Å²) in [6.45, 7) is 1.01. The predicted molar refractivity (Wildman–Crippen MR) is 71.7 cm³/mol. The van der Waals surface area contributed by atoms with Crippen LogP contribution in [0.4, 0.5) is 11.7 Å². The second-order valence-electron chi connectivity index (χ2n) is 4.20. The molecule has 2 aromatic rings. The molecule has 0 spiro atoms. The molecular formula is C12H13BrN4O. The van der Waals surface area contributed by atoms with Crippen LogP contribution in [-0.4, -0.2) is 16.7 Å². The van der Waals surface area contributed by atoms with Gasteiger partial charge in [0.2, 0.25) is 5.89 Å². The highest BCUT2D eigenvalue weighted by Gasteiger charge is 2.22. The highest BCUT2D eigenvalue weighted by Crippen LogP contribution is 2.27. The standard InChI is InChI=1S/C12H13BrN4O/c13-8-4-1-2-5-9(8)15-12-17-16-11(18-12)10-6-3-7-14-10/h1-2,4-5,10,14H,3,6-7H2,(H,15,17)/t10-/m0/s1. The van der Waals surface area contributed by atoms with Crippen molar-refractivity contribution in [3.63, 3.8) is 0 Å². The SMILES string of the molecule is Brc1ccccc1Nc1nnc([C@@H]2CCCN2)o1. The summed E-state index contributed by atoms with van der Waals surface area (Å²) in [5, 5.41) is 14.5. The van der Waals surface area contributed by atoms with Crippen molar-refractivity contribution >= 4 is 27.6 Å². The van der Waals surface area contributed by atoms with Crippen LogP contribution in [0.2, 0.25) is 0 Å². The van der Waals surface area contributed by atoms with Crippen LogP contribution in [0.25, 0.3) is 0 Å². The Balaban J connectivity index is 1.75. The fourth-order valence-corrected chi connectivity index (χ4v) is 2.38. The van der Waals surface area contributed by atoms with E-state index in [2.05, 4.69) is 36.8 Å². The summed E-state index contributed by atoms with van der Waals surface area (Å²) in [5.41, 5.74) is 0.909. The number of hydrogen-bond acceptors (Lipinski definition) is 5. The van der Waals surface area contributed by atoms with Gasteiger partial charge in [-0.15, -0.1) is 5.10 Å². The molecule has 18 heavy (non-hydrogen) atoms. The molecular weight excluding hydrogens is 296 g/mol. The summed E-state index contributed by atoms with van der Waals surface area (Å²) >= 11 is 3.46. The lowest BCUT2D eigenvalue weighted by Crippen LogP contribution is -2.12. The molecule has 0 radical (unpaired) electrons. The third-order valence-corrected chi connectivity index (χ3v) is 3.61. The molecule has 6 heteroatoms. The molecule has 5 nitrogen and oxygen atoms in total. The van der Waals surface area contributed by atoms with Crippen LogP contribution in [0.1, 0.15) is 24.8 Å². The normalized spacial score (nSPS) is 19.1. The molecule has 3 rings (SSSR count). The average molecular weight is 309 g/mol. The van der Waals surface area contributed by atoms with Gasteiger partial charge in [0.05, 0.1) is 11.7 Å². The Morgan fingerprint density at radius 2 is 2.22 bits per heavy atom. The van der Waals surface area contributed by atoms with Gasteiger partial charge in [-0.1, -0.05) is 17.2 Å². The summed E-state index contributed by atoms with van der Waals surface area (Å²) in [5.74, 6) is 0.655. The molecule has 2 N–H and O–H groups in total. The van der Waals surface area contributed by atoms with E-state index in [0.29, 0.717) is 11.9 Å². The van der Waals surface area contributed by atoms with Gasteiger partial charge in [0.25, 0.3) is 0 Å². The van der Waals surface area contributed by atoms with Gasteiger partial charge in [-0.3, -0.25) is 0 Å². The van der Waals surface area contributed by atoms with Crippen LogP contribution in [-0.2, 0) is 0 Å². The molecule has 1 atom stereocenters. The summed E-state index contributed by atoms with van der Waals surface area (Å²) in [6, 6.07) is 8.43. The van der Waals surface area contributed by atoms with Crippen LogP contribution in [0, 0.1) is 0 Å². The van der Waals surface area contributed by atoms with Gasteiger partial charge >= 0.3 is 6.01 Å². The van der Waals surface area contributed by atoms with Gasteiger partial charge in [0, 0.05) is 4.47 Å². The molecule has 0 aliphatic carbocycles. The van der Waals surface area contributed by atoms with Crippen molar-refractivity contribution in [3.05, 3.63) is 34.6 Å². The minimum atomic E-state index is 0.201. The Labute approximate surface area is 113 Å². The van der Waals surface area contributed by atoms with Gasteiger partial charge in [-0.25, -0.2) is 0 Å². The van der Waals surface area contributed by atoms with Crippen molar-refractivity contribution in [1.29, 1.82) is 0 Å². The smallest absolute Gasteiger partial charge is 0.320 e. The molecule has 0 saturated carbocycles. The van der Waals surface area contributed by atoms with Gasteiger partial charge < -0.3 is 15.1 Å². The summed E-state index contributed by atoms with van der Waals surface area (Å²) < 4.78 is 6.57. The summed E-state index contributed by atoms with van der Waals surface area (Å²) in [7, 11) is 0. The van der Waals surface area contributed by atoms with Gasteiger partial charge in [-0.05, 0) is 47.4 Å². The zero-order valence-electron chi connectivity index (χ0n) is 9.69. The number of nitrogens with one attached hydrogen (secondary N) is 2. The summed E-state index contributed by atoms with van der Waals surface area (Å²) in [4.78, 5) is 0. The molecule has 2 heterocycles. The molecule has 0 bridgehead atoms. The number of para-hydroxylation sites is 1. The Morgan fingerprint density at radius 3 is 3.00 bits per heavy atom. The number of nitrogens with zero attached hydrogens (tertiary/aromatic N) is 2. The van der Waals surface area contributed by atoms with Crippen LogP contribution in [0.15, 0.2) is 33.2 Å². The third-order valence-electron chi connectivity index (χ3n) is 2.91. The fourth-order valence-electron chi connectivity index (χ4n) is 2.00. The second kappa shape index (κ2) is 5.07. The van der Waals surface area contributed by atoms with Crippen molar-refractivity contribution in [2.45, 2.75) is 18.9 Å². The van der Waals surface area contributed by atoms with E-state index in [1.165, 1.54) is 0 Å². The van der Waals surface area contributed by atoms with E-state index in [9.17, 15) is 0 Å². The van der Waals surface area contributed by atoms with Gasteiger partial charge in [-0.2, -0.15) is 0 Å². The Morgan fingerprint density at radius 1 is 1.33 bits per heavy atom. The lowest BCUT2D eigenvalue weighted by Gasteiger charge is -2.04. The first-order valence-electron chi connectivity index (χ1n) is 5.91. The molecule has 1 fully saturated rings. The van der Waals surface area contributed by atoms with Crippen molar-refractivity contribution in [2.75, 3.05) is 11.9 Å². The van der Waals surface area contributed by atoms with E-state index >= 15 is 0 Å². The first-order valence-corrected chi connectivity index (χ1v) is 6.70. The molecule has 94 valence electrons. The van der Waals surface area contributed by atoms with E-state index < -0.39 is 0 Å². The molecule has 1 aromatic carbocycles. The Kier molecular flexibility index (Phi) is 3.29. The maximum absolute atomic E-state index is 5.61. The number of anilines is 2. The maximum atomic E-state index is 5.61. The molecule has 1 aliphatic rings. The van der Waals surface area contributed by atoms with Gasteiger partial charge in [0.1, 0.15) is 0 Å². The number of halogens is 1. The molecule has 1 aliphatic heterocycles. The van der Waals surface area contributed by atoms with Crippen LogP contribution in [0.3, 0.4) is 0 Å². The molecule has 1 saturated heterocycles. The van der Waals surface area contributed by atoms with Gasteiger partial charge in [0.15, 0.2) is 0 Å². The molecule has 0 amide bonds. The quantitative estimate of drug-likeness (QED) is 0.912. The second-order valence-corrected chi connectivity index (χ2v) is 5.05. The highest BCUT2D eigenvalue weighted by atomic mass is 79.9. The molecule has 0 unspecified atom stereocenters. The van der Waals surface area contributed by atoms with Crippen molar-refractivity contribution in [2.24, 2.45) is 0 Å². The van der Waals surface area contributed by atoms with E-state index in [-0.39, 0.29) is 6.04 Å². The van der Waals surface area contributed by atoms with Crippen LogP contribution in [0.5, 0.6) is 0 Å². The summed E-state index contributed by atoms with van der Waals surface area (Å²) in [6.07, 6.45) is 2.21. The molecule has 1 aromatic heterocycles. The van der Waals surface area contributed by atoms with Crippen molar-refractivity contribution < 1.29 is 4.42 Å². The van der Waals surface area contributed by atoms with Crippen LogP contribution < -0.4 is 10.6 Å². The average Bonchev–Trinajstić information content (AvgIpc) is 3.02. The van der Waals surface area contributed by atoms with E-state index in [1.54, 1.807) is 0 Å². The fraction of sp³-hybridized carbons (Fsp3) is 0.333. The van der Waals surface area contributed by atoms with E-state index in [1.807, 2.05) is 24.3 Å². The number of benzene rings is 1. The monoisotopic (exact) mass is 308 g/mol. The predicted octanol–water partition coefficient (Wildman–Crippen LogP) is 3.00. The van der Waals surface area contributed by atoms with E-state index in [4.69, 9.17) is 4.42 Å². The largest absolute Gasteiger partial charge is 0.406 e. The first-order chi connectivity index (χ1) is 8.83. The Hall–Kier alpha value is -1.40. The van der Waals surface area contributed by atoms with Crippen molar-refractivity contribution in [3.8, 4) is 0 Å². The van der Waals surface area contributed by atoms with Crippen LogP contribution >= 0.6 is 15.9 Å². The number of hydrogen-bond donors (Lipinski definition) is 2. The third kappa shape index (κ3) is 2.39. The minimum absolute atomic E-state index is 0.201. The topological polar surface area (TPSA) is 63.0 Å². The zero-order chi connectivity index (χ0) is 12.4. The minimum Gasteiger partial charge on any atom is -0.406 e. The lowest BCUT2D eigenvalue weighted by molar-refractivity contribution is 0.439. The highest BCUT2D eigenvalue weighted by molar-refractivity contribution is 9.10. The van der Waals surface area contributed by atoms with Crippen molar-refractivity contribution in [1.82, 2.24) is 15.5 Å². The number of aromatic nitrogens is 2.